The van der Waals surface area contributed by atoms with Crippen LogP contribution in [0, 0.1) is 0 Å². The molecule has 0 aliphatic rings. The number of hydrogen-bond donors (Lipinski definition) is 0. The highest BCUT2D eigenvalue weighted by atomic mass is 28.5. The largest absolute Gasteiger partial charge is 0.719 e. The van der Waals surface area contributed by atoms with Crippen LogP contribution in [0.1, 0.15) is 6.92 Å². The van der Waals surface area contributed by atoms with Crippen molar-refractivity contribution in [2.75, 3.05) is 0 Å². The predicted octanol–water partition coefficient (Wildman–Crippen LogP) is -3.46. The normalized spacial score (nSPS) is 16.4. The lowest BCUT2D eigenvalue weighted by Crippen LogP contribution is -2.48. The second-order valence-corrected chi connectivity index (χ2v) is 7.97. The Morgan fingerprint density at radius 3 is 2.08 bits per heavy atom. The van der Waals surface area contributed by atoms with Gasteiger partial charge in [-0.2, -0.15) is 4.99 Å². The molecule has 0 fully saturated rings. The number of nitrogens with zero attached hydrogens (tertiary/aromatic N) is 1. The Balaban J connectivity index is 4.32. The fraction of sp³-hybridized carbons (Fsp3) is 0.333. The molecule has 0 aliphatic heterocycles. The van der Waals surface area contributed by atoms with E-state index in [0.717, 1.165) is 0 Å². The van der Waals surface area contributed by atoms with Crippen molar-refractivity contribution < 1.29 is 21.6 Å². The molecule has 0 aromatic rings. The lowest BCUT2D eigenvalue weighted by Gasteiger charge is -2.22. The summed E-state index contributed by atoms with van der Waals surface area (Å²) in [6, 6.07) is 0. The van der Waals surface area contributed by atoms with Gasteiger partial charge < -0.3 is 16.8 Å². The monoisotopic (exact) mass is 255 g/mol. The minimum atomic E-state index is -3.10. The van der Waals surface area contributed by atoms with E-state index in [4.69, 9.17) is 16.8 Å². The summed E-state index contributed by atoms with van der Waals surface area (Å²) in [7, 11) is -1.89. The smallest absolute Gasteiger partial charge is 0.435 e. The number of rotatable bonds is 4. The van der Waals surface area contributed by atoms with Gasteiger partial charge in [0, 0.05) is 6.21 Å². The second-order valence-electron chi connectivity index (χ2n) is 1.87. The van der Waals surface area contributed by atoms with Crippen molar-refractivity contribution in [3.05, 3.63) is 0 Å². The lowest BCUT2D eigenvalue weighted by atomic mass is 10.9. The molecule has 0 heterocycles. The van der Waals surface area contributed by atoms with E-state index in [1.165, 1.54) is 6.21 Å². The van der Waals surface area contributed by atoms with Crippen molar-refractivity contribution in [3.8, 4) is 0 Å². The van der Waals surface area contributed by atoms with Crippen molar-refractivity contribution in [1.82, 2.24) is 0 Å². The first-order valence-corrected chi connectivity index (χ1v) is 7.59. The van der Waals surface area contributed by atoms with Gasteiger partial charge in [-0.3, -0.25) is 0 Å². The fourth-order valence-electron chi connectivity index (χ4n) is 0.614. The Morgan fingerprint density at radius 1 is 1.31 bits per heavy atom. The van der Waals surface area contributed by atoms with Crippen molar-refractivity contribution in [2.45, 2.75) is 6.92 Å². The molecule has 0 bridgehead atoms. The van der Waals surface area contributed by atoms with Gasteiger partial charge in [0.2, 0.25) is 0 Å². The zero-order chi connectivity index (χ0) is 10.3. The van der Waals surface area contributed by atoms with Crippen molar-refractivity contribution in [1.29, 1.82) is 0 Å². The number of amides is 1. The first-order valence-electron chi connectivity index (χ1n) is 3.51. The molecule has 0 aromatic carbocycles. The first-order chi connectivity index (χ1) is 6.14. The highest BCUT2D eigenvalue weighted by Gasteiger charge is 2.44. The van der Waals surface area contributed by atoms with Gasteiger partial charge in [-0.15, -0.1) is 0 Å². The maximum Gasteiger partial charge on any atom is 0.719 e. The van der Waals surface area contributed by atoms with Gasteiger partial charge in [-0.25, -0.2) is 4.79 Å². The molecule has 0 unspecified atom stereocenters. The van der Waals surface area contributed by atoms with Crippen molar-refractivity contribution in [3.63, 3.8) is 0 Å². The van der Waals surface area contributed by atoms with Crippen LogP contribution < -0.4 is 0 Å². The zero-order valence-corrected chi connectivity index (χ0v) is 15.1. The molecular weight excluding hydrogens is 242 g/mol. The van der Waals surface area contributed by atoms with Gasteiger partial charge in [0.05, 0.1) is 0 Å². The molecule has 0 spiro atoms. The minimum Gasteiger partial charge on any atom is -0.435 e. The number of hydrogen-bond acceptors (Lipinski definition) is 5. The summed E-state index contributed by atoms with van der Waals surface area (Å²) < 4.78 is 20.0. The maximum absolute atomic E-state index is 11.0. The quantitative estimate of drug-likeness (QED) is 0.386. The highest BCUT2D eigenvalue weighted by Crippen LogP contribution is 2.07. The maximum atomic E-state index is 11.0. The van der Waals surface area contributed by atoms with Crippen LogP contribution in [0.5, 0.6) is 0 Å². The molecule has 0 aliphatic carbocycles. The molecule has 0 rings (SSSR count). The van der Waals surface area contributed by atoms with Crippen molar-refractivity contribution >= 4 is 52.8 Å². The second kappa shape index (κ2) is 6.36. The van der Waals surface area contributed by atoms with E-state index in [2.05, 4.69) is 4.99 Å². The standard InChI is InChI=1S/C3H13NO5Si4/c1-2-4-3(5)6-13(7-10,8-11)9-12/h2H,1,10-12H3. The summed E-state index contributed by atoms with van der Waals surface area (Å²) in [6.07, 6.45) is 0.617. The van der Waals surface area contributed by atoms with Crippen LogP contribution in [0.15, 0.2) is 4.99 Å². The SMILES string of the molecule is CC=NC(=O)O[Si](O[SiH3])(O[SiH3])O[SiH3]. The lowest BCUT2D eigenvalue weighted by molar-refractivity contribution is 0.129. The molecule has 0 N–H and O–H groups in total. The van der Waals surface area contributed by atoms with Crippen LogP contribution in [0.3, 0.4) is 0 Å². The van der Waals surface area contributed by atoms with E-state index in [-0.39, 0.29) is 0 Å². The van der Waals surface area contributed by atoms with E-state index < -0.39 is 15.1 Å². The van der Waals surface area contributed by atoms with Crippen LogP contribution in [0.2, 0.25) is 0 Å². The molecule has 0 saturated heterocycles. The Hall–Kier alpha value is -0.112. The molecule has 10 heteroatoms. The Morgan fingerprint density at radius 2 is 1.77 bits per heavy atom. The van der Waals surface area contributed by atoms with Crippen LogP contribution in [-0.4, -0.2) is 52.8 Å². The van der Waals surface area contributed by atoms with Gasteiger partial charge in [-0.1, -0.05) is 0 Å². The summed E-state index contributed by atoms with van der Waals surface area (Å²) in [5.74, 6) is 0. The third kappa shape index (κ3) is 4.08. The van der Waals surface area contributed by atoms with Gasteiger partial charge >= 0.3 is 15.1 Å². The van der Waals surface area contributed by atoms with Gasteiger partial charge in [-0.05, 0) is 6.92 Å². The van der Waals surface area contributed by atoms with E-state index in [9.17, 15) is 4.79 Å². The molecule has 13 heavy (non-hydrogen) atoms. The van der Waals surface area contributed by atoms with Crippen LogP contribution in [-0.2, 0) is 16.8 Å². The summed E-state index contributed by atoms with van der Waals surface area (Å²) in [5.41, 5.74) is 0. The summed E-state index contributed by atoms with van der Waals surface area (Å²) in [5, 5.41) is 0. The highest BCUT2D eigenvalue weighted by molar-refractivity contribution is 6.64. The van der Waals surface area contributed by atoms with E-state index >= 15 is 0 Å². The van der Waals surface area contributed by atoms with Gasteiger partial charge in [0.1, 0.15) is 31.5 Å². The van der Waals surface area contributed by atoms with Crippen LogP contribution >= 0.6 is 0 Å². The summed E-state index contributed by atoms with van der Waals surface area (Å²) >= 11 is 0. The number of carbonyl (C=O) groups is 1. The average Bonchev–Trinajstić information content (AvgIpc) is 2.15. The molecule has 0 atom stereocenters. The fourth-order valence-corrected chi connectivity index (χ4v) is 8.38. The molecule has 0 radical (unpaired) electrons. The number of aliphatic imine (C=N–C) groups is 1. The Kier molecular flexibility index (Phi) is 6.30. The Labute approximate surface area is 86.7 Å². The minimum absolute atomic E-state index is 0.402. The van der Waals surface area contributed by atoms with E-state index in [0.29, 0.717) is 31.5 Å². The summed E-state index contributed by atoms with van der Waals surface area (Å²) in [6.45, 7) is 1.62. The van der Waals surface area contributed by atoms with E-state index in [1.807, 2.05) is 0 Å². The van der Waals surface area contributed by atoms with Crippen LogP contribution in [0.4, 0.5) is 4.79 Å². The van der Waals surface area contributed by atoms with E-state index in [1.54, 1.807) is 6.92 Å². The third-order valence-corrected chi connectivity index (χ3v) is 7.62. The predicted molar refractivity (Wildman–Crippen MR) is 59.5 cm³/mol. The molecule has 0 saturated carbocycles. The van der Waals surface area contributed by atoms with Crippen LogP contribution in [0.25, 0.3) is 0 Å². The zero-order valence-electron chi connectivity index (χ0n) is 8.07. The first kappa shape index (κ1) is 12.9. The average molecular weight is 255 g/mol. The molecule has 6 nitrogen and oxygen atoms in total. The third-order valence-electron chi connectivity index (χ3n) is 1.20. The molecular formula is C3H13NO5Si4. The molecule has 76 valence electrons. The summed E-state index contributed by atoms with van der Waals surface area (Å²) in [4.78, 5) is 14.4. The van der Waals surface area contributed by atoms with Gasteiger partial charge in [0.25, 0.3) is 0 Å². The number of carbonyl (C=O) groups excluding carboxylic acids is 1. The van der Waals surface area contributed by atoms with Crippen molar-refractivity contribution in [2.24, 2.45) is 4.99 Å². The van der Waals surface area contributed by atoms with Gasteiger partial charge in [0.15, 0.2) is 0 Å². The molecule has 0 aromatic heterocycles. The Bertz CT molecular complexity index is 186. The topological polar surface area (TPSA) is 66.4 Å². The molecule has 1 amide bonds.